The summed E-state index contributed by atoms with van der Waals surface area (Å²) in [5, 5.41) is 3.83. The number of rotatable bonds is 5. The molecule has 2 unspecified atom stereocenters. The van der Waals surface area contributed by atoms with Crippen LogP contribution < -0.4 is 5.32 Å². The van der Waals surface area contributed by atoms with Crippen molar-refractivity contribution >= 4 is 29.0 Å². The number of anilines is 1. The van der Waals surface area contributed by atoms with Crippen molar-refractivity contribution in [1.29, 1.82) is 0 Å². The molecule has 0 bridgehead atoms. The van der Waals surface area contributed by atoms with E-state index in [1.54, 1.807) is 19.3 Å². The Balaban J connectivity index is 1.29. The van der Waals surface area contributed by atoms with Crippen molar-refractivity contribution in [1.82, 2.24) is 14.9 Å². The Morgan fingerprint density at radius 1 is 1.08 bits per heavy atom. The Hall–Kier alpha value is -4.20. The Morgan fingerprint density at radius 3 is 2.58 bits per heavy atom. The number of carbonyl (C=O) groups excluding carboxylic acids is 2. The quantitative estimate of drug-likeness (QED) is 0.420. The second kappa shape index (κ2) is 8.19. The average molecular weight is 485 g/mol. The van der Waals surface area contributed by atoms with E-state index in [1.165, 1.54) is 17.0 Å². The largest absolute Gasteiger partial charge is 0.334 e. The van der Waals surface area contributed by atoms with Crippen LogP contribution in [0, 0.1) is 11.6 Å². The van der Waals surface area contributed by atoms with Gasteiger partial charge >= 0.3 is 0 Å². The molecule has 2 aromatic heterocycles. The fourth-order valence-corrected chi connectivity index (χ4v) is 5.52. The number of hydrogen-bond acceptors (Lipinski definition) is 4. The zero-order valence-corrected chi connectivity index (χ0v) is 19.5. The molecule has 0 radical (unpaired) electrons. The summed E-state index contributed by atoms with van der Waals surface area (Å²) in [6.45, 7) is 1.96. The molecular weight excluding hydrogens is 462 g/mol. The highest BCUT2D eigenvalue weighted by Crippen LogP contribution is 2.47. The second-order valence-corrected chi connectivity index (χ2v) is 9.60. The molecule has 2 amide bonds. The van der Waals surface area contributed by atoms with Crippen molar-refractivity contribution in [2.75, 3.05) is 5.32 Å². The summed E-state index contributed by atoms with van der Waals surface area (Å²) in [7, 11) is 0. The van der Waals surface area contributed by atoms with Gasteiger partial charge in [0.1, 0.15) is 17.5 Å². The molecule has 2 aromatic carbocycles. The monoisotopic (exact) mass is 484 g/mol. The maximum Gasteiger partial charge on any atom is 0.237 e. The molecule has 1 spiro atoms. The van der Waals surface area contributed by atoms with E-state index in [0.717, 1.165) is 39.2 Å². The van der Waals surface area contributed by atoms with Crippen LogP contribution in [0.25, 0.3) is 10.9 Å². The molecular formula is C28H22F2N4O2. The van der Waals surface area contributed by atoms with Gasteiger partial charge in [0.05, 0.1) is 17.0 Å². The number of amides is 2. The molecule has 2 aliphatic rings. The first-order valence-electron chi connectivity index (χ1n) is 11.7. The van der Waals surface area contributed by atoms with Crippen LogP contribution in [0.4, 0.5) is 14.6 Å². The van der Waals surface area contributed by atoms with Crippen molar-refractivity contribution in [2.24, 2.45) is 0 Å². The minimum Gasteiger partial charge on any atom is -0.334 e. The lowest BCUT2D eigenvalue weighted by atomic mass is 9.79. The molecule has 1 aliphatic carbocycles. The first kappa shape index (κ1) is 22.3. The van der Waals surface area contributed by atoms with Crippen molar-refractivity contribution in [2.45, 2.75) is 37.8 Å². The van der Waals surface area contributed by atoms with E-state index in [0.29, 0.717) is 30.6 Å². The van der Waals surface area contributed by atoms with Gasteiger partial charge in [0, 0.05) is 36.0 Å². The third kappa shape index (κ3) is 3.52. The van der Waals surface area contributed by atoms with Crippen LogP contribution >= 0.6 is 0 Å². The predicted octanol–water partition coefficient (Wildman–Crippen LogP) is 4.62. The van der Waals surface area contributed by atoms with Crippen molar-refractivity contribution in [3.63, 3.8) is 0 Å². The molecule has 4 aromatic rings. The van der Waals surface area contributed by atoms with E-state index >= 15 is 0 Å². The number of pyridine rings is 2. The number of halogens is 2. The first-order chi connectivity index (χ1) is 17.4. The maximum absolute atomic E-state index is 13.7. The van der Waals surface area contributed by atoms with E-state index in [-0.39, 0.29) is 12.5 Å². The lowest BCUT2D eigenvalue weighted by molar-refractivity contribution is -0.121. The van der Waals surface area contributed by atoms with Crippen molar-refractivity contribution < 1.29 is 18.4 Å². The summed E-state index contributed by atoms with van der Waals surface area (Å²) < 4.78 is 27.4. The topological polar surface area (TPSA) is 75.2 Å². The van der Waals surface area contributed by atoms with E-state index in [9.17, 15) is 18.4 Å². The highest BCUT2D eigenvalue weighted by molar-refractivity contribution is 6.06. The number of aromatic nitrogens is 2. The number of nitrogens with zero attached hydrogens (tertiary/aromatic N) is 3. The molecule has 0 saturated heterocycles. The van der Waals surface area contributed by atoms with Gasteiger partial charge in [-0.1, -0.05) is 6.07 Å². The molecule has 0 saturated carbocycles. The predicted molar refractivity (Wildman–Crippen MR) is 130 cm³/mol. The molecule has 6 rings (SSSR count). The smallest absolute Gasteiger partial charge is 0.237 e. The van der Waals surface area contributed by atoms with Gasteiger partial charge in [-0.25, -0.2) is 13.8 Å². The van der Waals surface area contributed by atoms with Crippen molar-refractivity contribution in [3.05, 3.63) is 100 Å². The zero-order valence-electron chi connectivity index (χ0n) is 19.5. The normalized spacial score (nSPS) is 18.7. The van der Waals surface area contributed by atoms with Gasteiger partial charge in [-0.15, -0.1) is 0 Å². The molecule has 1 N–H and O–H groups in total. The summed E-state index contributed by atoms with van der Waals surface area (Å²) in [6, 6.07) is 12.6. The van der Waals surface area contributed by atoms with Gasteiger partial charge < -0.3 is 10.2 Å². The molecule has 180 valence electrons. The van der Waals surface area contributed by atoms with Crippen LogP contribution in [-0.2, 0) is 34.4 Å². The first-order valence-corrected chi connectivity index (χ1v) is 11.7. The minimum absolute atomic E-state index is 0.0329. The second-order valence-electron chi connectivity index (χ2n) is 9.60. The molecule has 36 heavy (non-hydrogen) atoms. The lowest BCUT2D eigenvalue weighted by Crippen LogP contribution is -2.35. The van der Waals surface area contributed by atoms with Crippen LogP contribution in [0.2, 0.25) is 0 Å². The van der Waals surface area contributed by atoms with E-state index in [2.05, 4.69) is 21.4 Å². The Morgan fingerprint density at radius 2 is 1.83 bits per heavy atom. The molecule has 1 aliphatic heterocycles. The van der Waals surface area contributed by atoms with Crippen molar-refractivity contribution in [3.8, 4) is 0 Å². The fourth-order valence-electron chi connectivity index (χ4n) is 5.52. The van der Waals surface area contributed by atoms with Gasteiger partial charge in [-0.3, -0.25) is 14.6 Å². The Labute approximate surface area is 206 Å². The van der Waals surface area contributed by atoms with E-state index < -0.39 is 23.1 Å². The van der Waals surface area contributed by atoms with Crippen LogP contribution in [-0.4, -0.2) is 27.2 Å². The van der Waals surface area contributed by atoms with Crippen LogP contribution in [0.5, 0.6) is 0 Å². The third-order valence-corrected chi connectivity index (χ3v) is 7.40. The third-order valence-electron chi connectivity index (χ3n) is 7.40. The van der Waals surface area contributed by atoms with Crippen LogP contribution in [0.1, 0.15) is 40.8 Å². The van der Waals surface area contributed by atoms with E-state index in [4.69, 9.17) is 0 Å². The highest BCUT2D eigenvalue weighted by Gasteiger charge is 2.51. The summed E-state index contributed by atoms with van der Waals surface area (Å²) in [4.78, 5) is 35.3. The van der Waals surface area contributed by atoms with Crippen LogP contribution in [0.15, 0.2) is 60.9 Å². The lowest BCUT2D eigenvalue weighted by Gasteiger charge is -2.25. The Bertz CT molecular complexity index is 1540. The van der Waals surface area contributed by atoms with Crippen LogP contribution in [0.3, 0.4) is 0 Å². The van der Waals surface area contributed by atoms with Gasteiger partial charge in [0.2, 0.25) is 12.3 Å². The molecule has 8 heteroatoms. The number of carbonyl (C=O) groups is 2. The van der Waals surface area contributed by atoms with E-state index in [1.807, 2.05) is 24.3 Å². The van der Waals surface area contributed by atoms with Gasteiger partial charge in [0.15, 0.2) is 0 Å². The zero-order chi connectivity index (χ0) is 25.0. The SMILES string of the molecule is CC(c1cc(F)cc(F)c1)N(C=O)Cc1cnc2cc3c(cc2c1)CC1(C3)C(=O)Nc2ncccc21. The highest BCUT2D eigenvalue weighted by atomic mass is 19.1. The Kier molecular flexibility index (Phi) is 5.07. The van der Waals surface area contributed by atoms with Gasteiger partial charge in [-0.2, -0.15) is 0 Å². The van der Waals surface area contributed by atoms with Gasteiger partial charge in [-0.05, 0) is 78.4 Å². The molecule has 0 fully saturated rings. The molecule has 2 atom stereocenters. The minimum atomic E-state index is -0.684. The maximum atomic E-state index is 13.7. The summed E-state index contributed by atoms with van der Waals surface area (Å²) in [5.74, 6) is -0.775. The molecule has 3 heterocycles. The fraction of sp³-hybridized carbons (Fsp3) is 0.214. The molecule has 6 nitrogen and oxygen atoms in total. The number of hydrogen-bond donors (Lipinski definition) is 1. The van der Waals surface area contributed by atoms with Gasteiger partial charge in [0.25, 0.3) is 0 Å². The number of nitrogens with one attached hydrogen (secondary N) is 1. The summed E-state index contributed by atoms with van der Waals surface area (Å²) in [5.41, 5.74) is 4.41. The number of benzene rings is 2. The average Bonchev–Trinajstić information content (AvgIpc) is 3.36. The summed E-state index contributed by atoms with van der Waals surface area (Å²) in [6.07, 6.45) is 5.22. The standard InChI is InChI=1S/C28H22F2N4O2/c1-16(18-7-22(29)10-23(30)8-18)34(15-35)14-17-5-19-6-20-11-28(12-21(20)9-25(19)32-13-17)24-3-2-4-31-26(24)33-27(28)36/h2-10,13,15-16H,11-12,14H2,1H3,(H,31,33,36). The number of fused-ring (bicyclic) bond motifs is 4. The summed E-state index contributed by atoms with van der Waals surface area (Å²) >= 11 is 0.